The first-order valence-electron chi connectivity index (χ1n) is 6.99. The van der Waals surface area contributed by atoms with Crippen molar-refractivity contribution >= 4 is 0 Å². The van der Waals surface area contributed by atoms with Crippen LogP contribution in [0.4, 0.5) is 0 Å². The second-order valence-electron chi connectivity index (χ2n) is 6.20. The minimum Gasteiger partial charge on any atom is -0.496 e. The number of β-amino-alcohol motifs (C(OH)–C–C–N with tert-alkyl or cyclic N) is 1. The Morgan fingerprint density at radius 3 is 2.84 bits per heavy atom. The van der Waals surface area contributed by atoms with Crippen LogP contribution in [0.25, 0.3) is 0 Å². The zero-order valence-electron chi connectivity index (χ0n) is 12.4. The number of rotatable bonds is 3. The lowest BCUT2D eigenvalue weighted by Crippen LogP contribution is -2.51. The Bertz CT molecular complexity index is 442. The second kappa shape index (κ2) is 5.51. The number of likely N-dealkylation sites (tertiary alicyclic amines) is 1. The van der Waals surface area contributed by atoms with Crippen molar-refractivity contribution in [1.82, 2.24) is 4.90 Å². The molecule has 0 spiro atoms. The van der Waals surface area contributed by atoms with Crippen LogP contribution >= 0.6 is 0 Å². The van der Waals surface area contributed by atoms with E-state index in [-0.39, 0.29) is 11.6 Å². The van der Waals surface area contributed by atoms with Crippen LogP contribution in [0.1, 0.15) is 37.8 Å². The van der Waals surface area contributed by atoms with E-state index in [9.17, 15) is 5.11 Å². The summed E-state index contributed by atoms with van der Waals surface area (Å²) >= 11 is 0. The summed E-state index contributed by atoms with van der Waals surface area (Å²) in [6.45, 7) is 8.17. The van der Waals surface area contributed by atoms with Crippen LogP contribution in [-0.2, 0) is 6.54 Å². The highest BCUT2D eigenvalue weighted by molar-refractivity contribution is 5.37. The van der Waals surface area contributed by atoms with Crippen molar-refractivity contribution in [3.63, 3.8) is 0 Å². The first kappa shape index (κ1) is 14.4. The third-order valence-electron chi connectivity index (χ3n) is 4.17. The van der Waals surface area contributed by atoms with Gasteiger partial charge in [0.25, 0.3) is 0 Å². The van der Waals surface area contributed by atoms with E-state index < -0.39 is 0 Å². The summed E-state index contributed by atoms with van der Waals surface area (Å²) < 4.78 is 5.45. The molecule has 19 heavy (non-hydrogen) atoms. The maximum Gasteiger partial charge on any atom is 0.123 e. The van der Waals surface area contributed by atoms with Gasteiger partial charge in [-0.05, 0) is 39.7 Å². The number of nitrogens with zero attached hydrogens (tertiary/aromatic N) is 1. The van der Waals surface area contributed by atoms with E-state index in [0.717, 1.165) is 31.7 Å². The van der Waals surface area contributed by atoms with E-state index in [1.165, 1.54) is 11.1 Å². The van der Waals surface area contributed by atoms with Crippen molar-refractivity contribution in [2.75, 3.05) is 13.7 Å². The van der Waals surface area contributed by atoms with Gasteiger partial charge in [0, 0.05) is 24.2 Å². The zero-order chi connectivity index (χ0) is 14.0. The van der Waals surface area contributed by atoms with Crippen molar-refractivity contribution in [3.05, 3.63) is 29.3 Å². The number of hydrogen-bond acceptors (Lipinski definition) is 3. The molecule has 1 aromatic rings. The highest BCUT2D eigenvalue weighted by atomic mass is 16.5. The average molecular weight is 263 g/mol. The smallest absolute Gasteiger partial charge is 0.123 e. The summed E-state index contributed by atoms with van der Waals surface area (Å²) in [5.41, 5.74) is 2.57. The fourth-order valence-corrected chi connectivity index (χ4v) is 2.79. The molecule has 1 aliphatic rings. The predicted molar refractivity (Wildman–Crippen MR) is 77.5 cm³/mol. The number of methoxy groups -OCH3 is 1. The molecule has 3 heteroatoms. The lowest BCUT2D eigenvalue weighted by atomic mass is 9.88. The molecule has 1 saturated heterocycles. The van der Waals surface area contributed by atoms with Gasteiger partial charge in [-0.1, -0.05) is 17.7 Å². The second-order valence-corrected chi connectivity index (χ2v) is 6.20. The molecule has 1 atom stereocenters. The van der Waals surface area contributed by atoms with E-state index in [1.54, 1.807) is 7.11 Å². The maximum atomic E-state index is 9.90. The van der Waals surface area contributed by atoms with E-state index in [1.807, 2.05) is 6.07 Å². The molecule has 1 aromatic carbocycles. The summed E-state index contributed by atoms with van der Waals surface area (Å²) in [7, 11) is 1.71. The van der Waals surface area contributed by atoms with Crippen LogP contribution in [0.5, 0.6) is 5.75 Å². The number of ether oxygens (including phenoxy) is 1. The fourth-order valence-electron chi connectivity index (χ4n) is 2.79. The minimum atomic E-state index is -0.205. The molecule has 1 unspecified atom stereocenters. The largest absolute Gasteiger partial charge is 0.496 e. The highest BCUT2D eigenvalue weighted by Crippen LogP contribution is 2.31. The topological polar surface area (TPSA) is 32.7 Å². The van der Waals surface area contributed by atoms with E-state index in [0.29, 0.717) is 0 Å². The van der Waals surface area contributed by atoms with Crippen molar-refractivity contribution in [2.24, 2.45) is 0 Å². The van der Waals surface area contributed by atoms with Gasteiger partial charge in [0.05, 0.1) is 13.2 Å². The van der Waals surface area contributed by atoms with Crippen LogP contribution < -0.4 is 4.74 Å². The average Bonchev–Trinajstić information content (AvgIpc) is 2.35. The van der Waals surface area contributed by atoms with Crippen LogP contribution in [0, 0.1) is 6.92 Å². The number of aliphatic hydroxyl groups excluding tert-OH is 1. The number of aryl methyl sites for hydroxylation is 1. The fraction of sp³-hybridized carbons (Fsp3) is 0.625. The SMILES string of the molecule is COc1ccc(C)cc1CN1CC(O)CCC1(C)C. The zero-order valence-corrected chi connectivity index (χ0v) is 12.4. The van der Waals surface area contributed by atoms with Crippen molar-refractivity contribution in [2.45, 2.75) is 51.8 Å². The van der Waals surface area contributed by atoms with Gasteiger partial charge in [-0.3, -0.25) is 4.90 Å². The number of piperidine rings is 1. The van der Waals surface area contributed by atoms with Gasteiger partial charge in [0.1, 0.15) is 5.75 Å². The molecule has 1 aliphatic heterocycles. The Morgan fingerprint density at radius 1 is 1.42 bits per heavy atom. The summed E-state index contributed by atoms with van der Waals surface area (Å²) in [6.07, 6.45) is 1.72. The van der Waals surface area contributed by atoms with E-state index in [4.69, 9.17) is 4.74 Å². The minimum absolute atomic E-state index is 0.133. The summed E-state index contributed by atoms with van der Waals surface area (Å²) in [5, 5.41) is 9.90. The highest BCUT2D eigenvalue weighted by Gasteiger charge is 2.33. The Balaban J connectivity index is 2.21. The Labute approximate surface area is 116 Å². The van der Waals surface area contributed by atoms with Crippen LogP contribution in [0.3, 0.4) is 0 Å². The van der Waals surface area contributed by atoms with Crippen LogP contribution in [0.15, 0.2) is 18.2 Å². The Kier molecular flexibility index (Phi) is 4.16. The molecule has 1 heterocycles. The molecule has 0 bridgehead atoms. The molecule has 1 N–H and O–H groups in total. The predicted octanol–water partition coefficient (Wildman–Crippen LogP) is 2.74. The monoisotopic (exact) mass is 263 g/mol. The number of benzene rings is 1. The molecule has 1 fully saturated rings. The summed E-state index contributed by atoms with van der Waals surface area (Å²) in [6, 6.07) is 6.27. The van der Waals surface area contributed by atoms with Gasteiger partial charge in [-0.2, -0.15) is 0 Å². The first-order chi connectivity index (χ1) is 8.92. The van der Waals surface area contributed by atoms with Gasteiger partial charge >= 0.3 is 0 Å². The lowest BCUT2D eigenvalue weighted by Gasteiger charge is -2.44. The van der Waals surface area contributed by atoms with Gasteiger partial charge in [-0.25, -0.2) is 0 Å². The standard InChI is InChI=1S/C16H25NO2/c1-12-5-6-15(19-4)13(9-12)10-17-11-14(18)7-8-16(17,2)3/h5-6,9,14,18H,7-8,10-11H2,1-4H3. The van der Waals surface area contributed by atoms with E-state index in [2.05, 4.69) is 37.8 Å². The summed E-state index contributed by atoms with van der Waals surface area (Å²) in [4.78, 5) is 2.36. The third kappa shape index (κ3) is 3.28. The van der Waals surface area contributed by atoms with Crippen molar-refractivity contribution < 1.29 is 9.84 Å². The van der Waals surface area contributed by atoms with Gasteiger partial charge in [0.2, 0.25) is 0 Å². The normalized spacial score (nSPS) is 23.3. The number of aliphatic hydroxyl groups is 1. The molecule has 0 radical (unpaired) electrons. The number of hydrogen-bond donors (Lipinski definition) is 1. The lowest BCUT2D eigenvalue weighted by molar-refractivity contribution is -0.00993. The van der Waals surface area contributed by atoms with Gasteiger partial charge < -0.3 is 9.84 Å². The molecule has 106 valence electrons. The molecular formula is C16H25NO2. The molecule has 0 saturated carbocycles. The Morgan fingerprint density at radius 2 is 2.16 bits per heavy atom. The molecular weight excluding hydrogens is 238 g/mol. The molecule has 0 aromatic heterocycles. The maximum absolute atomic E-state index is 9.90. The van der Waals surface area contributed by atoms with Crippen LogP contribution in [0.2, 0.25) is 0 Å². The van der Waals surface area contributed by atoms with Crippen LogP contribution in [-0.4, -0.2) is 35.3 Å². The van der Waals surface area contributed by atoms with Crippen molar-refractivity contribution in [1.29, 1.82) is 0 Å². The molecule has 0 aliphatic carbocycles. The first-order valence-corrected chi connectivity index (χ1v) is 6.99. The quantitative estimate of drug-likeness (QED) is 0.910. The Hall–Kier alpha value is -1.06. The third-order valence-corrected chi connectivity index (χ3v) is 4.17. The molecule has 3 nitrogen and oxygen atoms in total. The van der Waals surface area contributed by atoms with Gasteiger partial charge in [0.15, 0.2) is 0 Å². The molecule has 2 rings (SSSR count). The van der Waals surface area contributed by atoms with E-state index >= 15 is 0 Å². The summed E-state index contributed by atoms with van der Waals surface area (Å²) in [5.74, 6) is 0.932. The molecule has 0 amide bonds. The van der Waals surface area contributed by atoms with Gasteiger partial charge in [-0.15, -0.1) is 0 Å². The van der Waals surface area contributed by atoms with Crippen molar-refractivity contribution in [3.8, 4) is 5.75 Å².